The van der Waals surface area contributed by atoms with Gasteiger partial charge in [-0.1, -0.05) is 26.2 Å². The number of rotatable bonds is 8. The molecule has 0 amide bonds. The average molecular weight is 252 g/mol. The molecule has 0 bridgehead atoms. The van der Waals surface area contributed by atoms with Gasteiger partial charge in [-0.2, -0.15) is 0 Å². The predicted octanol–water partition coefficient (Wildman–Crippen LogP) is 3.42. The molecule has 0 aromatic rings. The van der Waals surface area contributed by atoms with Crippen LogP contribution in [-0.4, -0.2) is 37.1 Å². The van der Waals surface area contributed by atoms with E-state index in [2.05, 4.69) is 24.2 Å². The Morgan fingerprint density at radius 2 is 1.78 bits per heavy atom. The minimum Gasteiger partial charge on any atom is -0.314 e. The number of hydrogen-bond acceptors (Lipinski definition) is 2. The van der Waals surface area contributed by atoms with Gasteiger partial charge < -0.3 is 10.2 Å². The van der Waals surface area contributed by atoms with Crippen LogP contribution in [0.25, 0.3) is 0 Å². The first-order valence-corrected chi connectivity index (χ1v) is 8.21. The Hall–Kier alpha value is -0.0800. The molecule has 2 heteroatoms. The Bertz CT molecular complexity index is 225. The second-order valence-electron chi connectivity index (χ2n) is 6.60. The van der Waals surface area contributed by atoms with Gasteiger partial charge in [0.1, 0.15) is 0 Å². The van der Waals surface area contributed by atoms with Crippen molar-refractivity contribution in [2.45, 2.75) is 76.8 Å². The maximum Gasteiger partial charge on any atom is 0.0118 e. The lowest BCUT2D eigenvalue weighted by Gasteiger charge is -2.36. The van der Waals surface area contributed by atoms with Crippen molar-refractivity contribution < 1.29 is 0 Å². The molecule has 2 atom stereocenters. The van der Waals surface area contributed by atoms with Gasteiger partial charge in [0, 0.05) is 12.1 Å². The van der Waals surface area contributed by atoms with E-state index in [-0.39, 0.29) is 0 Å². The number of nitrogens with zero attached hydrogens (tertiary/aromatic N) is 1. The smallest absolute Gasteiger partial charge is 0.0118 e. The summed E-state index contributed by atoms with van der Waals surface area (Å²) < 4.78 is 0. The minimum absolute atomic E-state index is 0.864. The summed E-state index contributed by atoms with van der Waals surface area (Å²) in [7, 11) is 2.34. The van der Waals surface area contributed by atoms with Crippen LogP contribution in [0.3, 0.4) is 0 Å². The molecular formula is C16H32N2. The van der Waals surface area contributed by atoms with Crippen LogP contribution in [0.4, 0.5) is 0 Å². The Morgan fingerprint density at radius 3 is 2.50 bits per heavy atom. The molecule has 18 heavy (non-hydrogen) atoms. The van der Waals surface area contributed by atoms with E-state index >= 15 is 0 Å². The molecule has 0 spiro atoms. The summed E-state index contributed by atoms with van der Waals surface area (Å²) in [4.78, 5) is 2.64. The van der Waals surface area contributed by atoms with Gasteiger partial charge in [-0.15, -0.1) is 0 Å². The van der Waals surface area contributed by atoms with Gasteiger partial charge in [0.05, 0.1) is 0 Å². The molecule has 2 nitrogen and oxygen atoms in total. The molecule has 2 aliphatic rings. The van der Waals surface area contributed by atoms with Crippen molar-refractivity contribution in [2.24, 2.45) is 5.92 Å². The number of hydrogen-bond donors (Lipinski definition) is 1. The normalized spacial score (nSPS) is 28.8. The summed E-state index contributed by atoms with van der Waals surface area (Å²) in [5.41, 5.74) is 0. The fraction of sp³-hybridized carbons (Fsp3) is 1.00. The fourth-order valence-corrected chi connectivity index (χ4v) is 3.37. The lowest BCUT2D eigenvalue weighted by atomic mass is 9.85. The molecule has 2 saturated carbocycles. The first-order chi connectivity index (χ1) is 8.77. The predicted molar refractivity (Wildman–Crippen MR) is 78.9 cm³/mol. The minimum atomic E-state index is 0.864. The standard InChI is InChI=1S/C16H32N2/c1-14-8-4-5-9-16(14)18(2)13-7-3-6-12-17-15-10-11-15/h14-17H,3-13H2,1-2H3. The van der Waals surface area contributed by atoms with E-state index in [0.29, 0.717) is 0 Å². The molecule has 2 aliphatic carbocycles. The van der Waals surface area contributed by atoms with Gasteiger partial charge in [0.15, 0.2) is 0 Å². The summed E-state index contributed by atoms with van der Waals surface area (Å²) in [5.74, 6) is 0.917. The lowest BCUT2D eigenvalue weighted by molar-refractivity contribution is 0.137. The topological polar surface area (TPSA) is 15.3 Å². The van der Waals surface area contributed by atoms with Crippen molar-refractivity contribution in [3.63, 3.8) is 0 Å². The van der Waals surface area contributed by atoms with E-state index in [4.69, 9.17) is 0 Å². The van der Waals surface area contributed by atoms with Gasteiger partial charge in [0.2, 0.25) is 0 Å². The Morgan fingerprint density at radius 1 is 1.00 bits per heavy atom. The SMILES string of the molecule is CC1CCCCC1N(C)CCCCCNC1CC1. The summed E-state index contributed by atoms with van der Waals surface area (Å²) in [5, 5.41) is 3.60. The van der Waals surface area contributed by atoms with Crippen molar-refractivity contribution in [3.05, 3.63) is 0 Å². The fourth-order valence-electron chi connectivity index (χ4n) is 3.37. The molecule has 0 aliphatic heterocycles. The van der Waals surface area contributed by atoms with Crippen molar-refractivity contribution in [1.82, 2.24) is 10.2 Å². The van der Waals surface area contributed by atoms with Crippen LogP contribution >= 0.6 is 0 Å². The first-order valence-electron chi connectivity index (χ1n) is 8.21. The molecule has 0 aromatic heterocycles. The molecule has 106 valence electrons. The van der Waals surface area contributed by atoms with E-state index in [9.17, 15) is 0 Å². The molecule has 2 unspecified atom stereocenters. The lowest BCUT2D eigenvalue weighted by Crippen LogP contribution is -2.39. The van der Waals surface area contributed by atoms with Crippen molar-refractivity contribution in [2.75, 3.05) is 20.1 Å². The van der Waals surface area contributed by atoms with Gasteiger partial charge in [-0.3, -0.25) is 0 Å². The van der Waals surface area contributed by atoms with Gasteiger partial charge in [0.25, 0.3) is 0 Å². The van der Waals surface area contributed by atoms with Gasteiger partial charge in [-0.25, -0.2) is 0 Å². The van der Waals surface area contributed by atoms with Crippen LogP contribution in [0, 0.1) is 5.92 Å². The Balaban J connectivity index is 1.49. The second kappa shape index (κ2) is 7.49. The van der Waals surface area contributed by atoms with E-state index in [1.165, 1.54) is 70.9 Å². The first kappa shape index (κ1) is 14.3. The zero-order valence-electron chi connectivity index (χ0n) is 12.5. The third-order valence-electron chi connectivity index (χ3n) is 4.83. The van der Waals surface area contributed by atoms with E-state index in [1.807, 2.05) is 0 Å². The highest BCUT2D eigenvalue weighted by Crippen LogP contribution is 2.27. The van der Waals surface area contributed by atoms with Crippen LogP contribution in [0.15, 0.2) is 0 Å². The average Bonchev–Trinajstić information content (AvgIpc) is 3.18. The molecule has 2 rings (SSSR count). The second-order valence-corrected chi connectivity index (χ2v) is 6.60. The molecule has 2 fully saturated rings. The van der Waals surface area contributed by atoms with Crippen LogP contribution in [0.2, 0.25) is 0 Å². The molecule has 1 N–H and O–H groups in total. The molecular weight excluding hydrogens is 220 g/mol. The summed E-state index contributed by atoms with van der Waals surface area (Å²) in [6, 6.07) is 1.75. The van der Waals surface area contributed by atoms with Crippen LogP contribution in [0.5, 0.6) is 0 Å². The van der Waals surface area contributed by atoms with Crippen LogP contribution < -0.4 is 5.32 Å². The third-order valence-corrected chi connectivity index (χ3v) is 4.83. The van der Waals surface area contributed by atoms with Crippen molar-refractivity contribution in [1.29, 1.82) is 0 Å². The van der Waals surface area contributed by atoms with E-state index < -0.39 is 0 Å². The largest absolute Gasteiger partial charge is 0.314 e. The Labute approximate surface area is 114 Å². The zero-order chi connectivity index (χ0) is 12.8. The molecule has 0 heterocycles. The Kier molecular flexibility index (Phi) is 5.97. The van der Waals surface area contributed by atoms with Gasteiger partial charge in [-0.05, 0) is 64.6 Å². The highest BCUT2D eigenvalue weighted by atomic mass is 15.1. The van der Waals surface area contributed by atoms with Crippen molar-refractivity contribution in [3.8, 4) is 0 Å². The van der Waals surface area contributed by atoms with E-state index in [0.717, 1.165) is 18.0 Å². The van der Waals surface area contributed by atoms with Crippen LogP contribution in [0.1, 0.15) is 64.7 Å². The highest BCUT2D eigenvalue weighted by Gasteiger charge is 2.24. The summed E-state index contributed by atoms with van der Waals surface area (Å²) in [6.07, 6.45) is 12.8. The quantitative estimate of drug-likeness (QED) is 0.666. The molecule has 0 aromatic carbocycles. The summed E-state index contributed by atoms with van der Waals surface area (Å²) >= 11 is 0. The highest BCUT2D eigenvalue weighted by molar-refractivity contribution is 4.81. The third kappa shape index (κ3) is 4.89. The zero-order valence-corrected chi connectivity index (χ0v) is 12.5. The monoisotopic (exact) mass is 252 g/mol. The number of nitrogens with one attached hydrogen (secondary N) is 1. The molecule has 0 saturated heterocycles. The maximum atomic E-state index is 3.60. The summed E-state index contributed by atoms with van der Waals surface area (Å²) in [6.45, 7) is 4.99. The van der Waals surface area contributed by atoms with Gasteiger partial charge >= 0.3 is 0 Å². The molecule has 0 radical (unpaired) electrons. The van der Waals surface area contributed by atoms with E-state index in [1.54, 1.807) is 0 Å². The maximum absolute atomic E-state index is 3.60. The number of unbranched alkanes of at least 4 members (excludes halogenated alkanes) is 2. The van der Waals surface area contributed by atoms with Crippen LogP contribution in [-0.2, 0) is 0 Å². The van der Waals surface area contributed by atoms with Crippen molar-refractivity contribution >= 4 is 0 Å².